The molecule has 0 saturated heterocycles. The minimum Gasteiger partial charge on any atom is -0.506 e. The standard InChI is InChI=1S/C12H17BrN2O2/c1-2-15-11(16)6-7-14-8-9-4-3-5-10(13)12(9)17/h3-5,14,17H,2,6-8H2,1H3,(H,15,16). The molecule has 4 nitrogen and oxygen atoms in total. The van der Waals surface area contributed by atoms with Crippen LogP contribution in [0.3, 0.4) is 0 Å². The van der Waals surface area contributed by atoms with Gasteiger partial charge in [0.2, 0.25) is 5.91 Å². The van der Waals surface area contributed by atoms with Crippen LogP contribution in [0.4, 0.5) is 0 Å². The van der Waals surface area contributed by atoms with Crippen molar-refractivity contribution >= 4 is 21.8 Å². The van der Waals surface area contributed by atoms with Crippen LogP contribution in [0, 0.1) is 0 Å². The van der Waals surface area contributed by atoms with E-state index in [-0.39, 0.29) is 11.7 Å². The number of nitrogens with one attached hydrogen (secondary N) is 2. The van der Waals surface area contributed by atoms with E-state index in [9.17, 15) is 9.90 Å². The topological polar surface area (TPSA) is 61.4 Å². The van der Waals surface area contributed by atoms with Crippen molar-refractivity contribution in [2.24, 2.45) is 0 Å². The number of para-hydroxylation sites is 1. The molecule has 1 aromatic rings. The summed E-state index contributed by atoms with van der Waals surface area (Å²) in [6, 6.07) is 5.50. The molecule has 0 heterocycles. The number of hydrogen-bond acceptors (Lipinski definition) is 3. The number of phenolic OH excluding ortho intramolecular Hbond substituents is 1. The number of carbonyl (C=O) groups is 1. The number of phenols is 1. The molecule has 94 valence electrons. The molecule has 0 bridgehead atoms. The van der Waals surface area contributed by atoms with E-state index in [0.717, 1.165) is 5.56 Å². The summed E-state index contributed by atoms with van der Waals surface area (Å²) >= 11 is 3.26. The second-order valence-corrected chi connectivity index (χ2v) is 4.48. The molecular formula is C12H17BrN2O2. The molecule has 0 spiro atoms. The summed E-state index contributed by atoms with van der Waals surface area (Å²) in [7, 11) is 0. The molecular weight excluding hydrogens is 284 g/mol. The number of hydrogen-bond donors (Lipinski definition) is 3. The van der Waals surface area contributed by atoms with Gasteiger partial charge in [-0.15, -0.1) is 0 Å². The van der Waals surface area contributed by atoms with Crippen molar-refractivity contribution in [2.75, 3.05) is 13.1 Å². The maximum atomic E-state index is 11.2. The highest BCUT2D eigenvalue weighted by Crippen LogP contribution is 2.26. The first-order chi connectivity index (χ1) is 8.15. The van der Waals surface area contributed by atoms with Gasteiger partial charge in [-0.3, -0.25) is 4.79 Å². The Balaban J connectivity index is 2.31. The highest BCUT2D eigenvalue weighted by Gasteiger charge is 2.04. The molecule has 0 aliphatic rings. The van der Waals surface area contributed by atoms with E-state index in [4.69, 9.17) is 0 Å². The summed E-state index contributed by atoms with van der Waals surface area (Å²) in [6.45, 7) is 3.69. The minimum absolute atomic E-state index is 0.0402. The third-order valence-corrected chi connectivity index (χ3v) is 2.93. The summed E-state index contributed by atoms with van der Waals surface area (Å²) in [4.78, 5) is 11.2. The normalized spacial score (nSPS) is 10.2. The molecule has 17 heavy (non-hydrogen) atoms. The van der Waals surface area contributed by atoms with Gasteiger partial charge in [-0.25, -0.2) is 0 Å². The molecule has 3 N–H and O–H groups in total. The van der Waals surface area contributed by atoms with Gasteiger partial charge in [0, 0.05) is 31.6 Å². The molecule has 0 unspecified atom stereocenters. The van der Waals surface area contributed by atoms with Gasteiger partial charge in [0.05, 0.1) is 4.47 Å². The molecule has 1 aromatic carbocycles. The van der Waals surface area contributed by atoms with Gasteiger partial charge in [-0.05, 0) is 28.9 Å². The Morgan fingerprint density at radius 3 is 2.94 bits per heavy atom. The number of halogens is 1. The smallest absolute Gasteiger partial charge is 0.221 e. The van der Waals surface area contributed by atoms with Crippen LogP contribution in [0.5, 0.6) is 5.75 Å². The first kappa shape index (κ1) is 14.0. The van der Waals surface area contributed by atoms with Crippen LogP contribution in [0.2, 0.25) is 0 Å². The summed E-state index contributed by atoms with van der Waals surface area (Å²) in [5.74, 6) is 0.288. The molecule has 0 aliphatic carbocycles. The predicted octanol–water partition coefficient (Wildman–Crippen LogP) is 1.77. The maximum absolute atomic E-state index is 11.2. The fourth-order valence-electron chi connectivity index (χ4n) is 1.41. The summed E-state index contributed by atoms with van der Waals surface area (Å²) < 4.78 is 0.681. The van der Waals surface area contributed by atoms with Gasteiger partial charge in [0.15, 0.2) is 0 Å². The lowest BCUT2D eigenvalue weighted by Gasteiger charge is -2.07. The number of benzene rings is 1. The Morgan fingerprint density at radius 1 is 1.47 bits per heavy atom. The van der Waals surface area contributed by atoms with Crippen molar-refractivity contribution in [1.29, 1.82) is 0 Å². The lowest BCUT2D eigenvalue weighted by Crippen LogP contribution is -2.27. The zero-order chi connectivity index (χ0) is 12.7. The summed E-state index contributed by atoms with van der Waals surface area (Å²) in [6.07, 6.45) is 0.447. The van der Waals surface area contributed by atoms with Crippen LogP contribution in [0.25, 0.3) is 0 Å². The highest BCUT2D eigenvalue weighted by molar-refractivity contribution is 9.10. The van der Waals surface area contributed by atoms with E-state index < -0.39 is 0 Å². The molecule has 5 heteroatoms. The monoisotopic (exact) mass is 300 g/mol. The first-order valence-corrected chi connectivity index (χ1v) is 6.38. The fourth-order valence-corrected chi connectivity index (χ4v) is 1.82. The third kappa shape index (κ3) is 4.75. The molecule has 0 aromatic heterocycles. The van der Waals surface area contributed by atoms with Crippen molar-refractivity contribution in [2.45, 2.75) is 19.9 Å². The van der Waals surface area contributed by atoms with Crippen LogP contribution < -0.4 is 10.6 Å². The summed E-state index contributed by atoms with van der Waals surface area (Å²) in [5, 5.41) is 15.6. The molecule has 1 rings (SSSR count). The summed E-state index contributed by atoms with van der Waals surface area (Å²) in [5.41, 5.74) is 0.815. The van der Waals surface area contributed by atoms with E-state index in [1.54, 1.807) is 6.07 Å². The van der Waals surface area contributed by atoms with Gasteiger partial charge >= 0.3 is 0 Å². The van der Waals surface area contributed by atoms with Crippen molar-refractivity contribution in [3.8, 4) is 5.75 Å². The Kier molecular flexibility index (Phi) is 6.00. The van der Waals surface area contributed by atoms with Gasteiger partial charge in [0.25, 0.3) is 0 Å². The third-order valence-electron chi connectivity index (χ3n) is 2.29. The molecule has 0 atom stereocenters. The van der Waals surface area contributed by atoms with Crippen molar-refractivity contribution < 1.29 is 9.90 Å². The average molecular weight is 301 g/mol. The van der Waals surface area contributed by atoms with Crippen molar-refractivity contribution in [3.05, 3.63) is 28.2 Å². The van der Waals surface area contributed by atoms with E-state index >= 15 is 0 Å². The Morgan fingerprint density at radius 2 is 2.24 bits per heavy atom. The zero-order valence-electron chi connectivity index (χ0n) is 9.79. The number of carbonyl (C=O) groups excluding carboxylic acids is 1. The average Bonchev–Trinajstić information content (AvgIpc) is 2.30. The lowest BCUT2D eigenvalue weighted by molar-refractivity contribution is -0.120. The second-order valence-electron chi connectivity index (χ2n) is 3.63. The van der Waals surface area contributed by atoms with Crippen molar-refractivity contribution in [3.63, 3.8) is 0 Å². The molecule has 0 aliphatic heterocycles. The van der Waals surface area contributed by atoms with Crippen molar-refractivity contribution in [1.82, 2.24) is 10.6 Å². The van der Waals surface area contributed by atoms with Crippen LogP contribution in [-0.2, 0) is 11.3 Å². The van der Waals surface area contributed by atoms with E-state index in [1.807, 2.05) is 19.1 Å². The number of amides is 1. The van der Waals surface area contributed by atoms with Crippen LogP contribution in [-0.4, -0.2) is 24.1 Å². The van der Waals surface area contributed by atoms with Crippen LogP contribution in [0.15, 0.2) is 22.7 Å². The second kappa shape index (κ2) is 7.29. The van der Waals surface area contributed by atoms with E-state index in [0.29, 0.717) is 30.5 Å². The maximum Gasteiger partial charge on any atom is 0.221 e. The zero-order valence-corrected chi connectivity index (χ0v) is 11.4. The Hall–Kier alpha value is -1.07. The highest BCUT2D eigenvalue weighted by atomic mass is 79.9. The minimum atomic E-state index is 0.0402. The number of rotatable bonds is 6. The van der Waals surface area contributed by atoms with Gasteiger partial charge in [-0.2, -0.15) is 0 Å². The SMILES string of the molecule is CCNC(=O)CCNCc1cccc(Br)c1O. The predicted molar refractivity (Wildman–Crippen MR) is 70.8 cm³/mol. The Bertz CT molecular complexity index is 383. The molecule has 0 saturated carbocycles. The van der Waals surface area contributed by atoms with Crippen LogP contribution >= 0.6 is 15.9 Å². The van der Waals surface area contributed by atoms with Gasteiger partial charge in [-0.1, -0.05) is 12.1 Å². The molecule has 0 fully saturated rings. The van der Waals surface area contributed by atoms with Gasteiger partial charge in [0.1, 0.15) is 5.75 Å². The van der Waals surface area contributed by atoms with Gasteiger partial charge < -0.3 is 15.7 Å². The number of aromatic hydroxyl groups is 1. The first-order valence-electron chi connectivity index (χ1n) is 5.59. The molecule has 1 amide bonds. The Labute approximate surface area is 110 Å². The van der Waals surface area contributed by atoms with Crippen LogP contribution in [0.1, 0.15) is 18.9 Å². The van der Waals surface area contributed by atoms with E-state index in [2.05, 4.69) is 26.6 Å². The molecule has 0 radical (unpaired) electrons. The quantitative estimate of drug-likeness (QED) is 0.702. The van der Waals surface area contributed by atoms with E-state index in [1.165, 1.54) is 0 Å². The fraction of sp³-hybridized carbons (Fsp3) is 0.417. The lowest BCUT2D eigenvalue weighted by atomic mass is 10.2. The largest absolute Gasteiger partial charge is 0.506 e.